The highest BCUT2D eigenvalue weighted by Gasteiger charge is 1.98. The van der Waals surface area contributed by atoms with Gasteiger partial charge in [-0.15, -0.1) is 0 Å². The normalized spacial score (nSPS) is 11.1. The zero-order valence-corrected chi connectivity index (χ0v) is 19.0. The van der Waals surface area contributed by atoms with Crippen LogP contribution in [0.4, 0.5) is 0 Å². The molecule has 168 valence electrons. The van der Waals surface area contributed by atoms with E-state index in [2.05, 4.69) is 38.1 Å². The number of ether oxygens (including phenoxy) is 4. The second-order valence-electron chi connectivity index (χ2n) is 7.55. The molecule has 0 amide bonds. The molecule has 0 atom stereocenters. The van der Waals surface area contributed by atoms with Crippen LogP contribution in [0.1, 0.15) is 77.2 Å². The summed E-state index contributed by atoms with van der Waals surface area (Å²) in [6.45, 7) is 8.89. The quantitative estimate of drug-likeness (QED) is 0.227. The third-order valence-corrected chi connectivity index (χ3v) is 4.88. The van der Waals surface area contributed by atoms with Crippen LogP contribution in [-0.4, -0.2) is 46.2 Å². The summed E-state index contributed by atoms with van der Waals surface area (Å²) >= 11 is 0. The van der Waals surface area contributed by atoms with E-state index in [0.717, 1.165) is 18.8 Å². The number of hydrogen-bond donors (Lipinski definition) is 0. The molecule has 0 bridgehead atoms. The summed E-state index contributed by atoms with van der Waals surface area (Å²) in [4.78, 5) is 0. The Hall–Kier alpha value is -1.10. The monoisotopic (exact) mass is 408 g/mol. The van der Waals surface area contributed by atoms with Gasteiger partial charge in [-0.2, -0.15) is 0 Å². The van der Waals surface area contributed by atoms with E-state index in [1.807, 2.05) is 0 Å². The topological polar surface area (TPSA) is 36.9 Å². The van der Waals surface area contributed by atoms with E-state index in [9.17, 15) is 0 Å². The summed E-state index contributed by atoms with van der Waals surface area (Å²) in [7, 11) is 0. The third kappa shape index (κ3) is 16.4. The van der Waals surface area contributed by atoms with Gasteiger partial charge in [0.05, 0.1) is 33.0 Å². The molecule has 0 unspecified atom stereocenters. The van der Waals surface area contributed by atoms with E-state index in [1.165, 1.54) is 63.4 Å². The average molecular weight is 409 g/mol. The van der Waals surface area contributed by atoms with E-state index in [4.69, 9.17) is 18.9 Å². The van der Waals surface area contributed by atoms with Crippen molar-refractivity contribution in [1.82, 2.24) is 0 Å². The Labute approximate surface area is 179 Å². The van der Waals surface area contributed by atoms with Gasteiger partial charge in [-0.05, 0) is 37.0 Å². The van der Waals surface area contributed by atoms with Crippen molar-refractivity contribution in [3.8, 4) is 5.75 Å². The van der Waals surface area contributed by atoms with Crippen LogP contribution in [0, 0.1) is 0 Å². The molecule has 0 aliphatic rings. The minimum absolute atomic E-state index is 0.567. The Bertz CT molecular complexity index is 447. The molecule has 1 rings (SSSR count). The molecule has 29 heavy (non-hydrogen) atoms. The van der Waals surface area contributed by atoms with Crippen LogP contribution in [0.15, 0.2) is 24.3 Å². The lowest BCUT2D eigenvalue weighted by atomic mass is 10.0. The van der Waals surface area contributed by atoms with Crippen LogP contribution in [0.2, 0.25) is 0 Å². The Kier molecular flexibility index (Phi) is 18.1. The van der Waals surface area contributed by atoms with Gasteiger partial charge in [0.2, 0.25) is 0 Å². The molecule has 0 saturated carbocycles. The minimum Gasteiger partial charge on any atom is -0.491 e. The minimum atomic E-state index is 0.567. The number of unbranched alkanes of at least 4 members (excludes halogenated alkanes) is 7. The second-order valence-corrected chi connectivity index (χ2v) is 7.55. The standard InChI is InChI=1S/C25H44O4/c1-3-5-7-8-9-10-11-12-24-13-15-25(16-14-24)29-23-22-28-21-20-27-19-18-26-17-6-4-2/h13-16H,3-12,17-23H2,1-2H3. The highest BCUT2D eigenvalue weighted by atomic mass is 16.6. The molecule has 0 spiro atoms. The molecule has 4 heteroatoms. The lowest BCUT2D eigenvalue weighted by Crippen LogP contribution is -2.12. The first-order chi connectivity index (χ1) is 14.4. The van der Waals surface area contributed by atoms with E-state index < -0.39 is 0 Å². The summed E-state index contributed by atoms with van der Waals surface area (Å²) in [6.07, 6.45) is 12.9. The summed E-state index contributed by atoms with van der Waals surface area (Å²) in [6, 6.07) is 8.50. The predicted octanol–water partition coefficient (Wildman–Crippen LogP) is 6.21. The number of rotatable bonds is 21. The lowest BCUT2D eigenvalue weighted by Gasteiger charge is -2.09. The Morgan fingerprint density at radius 3 is 1.66 bits per heavy atom. The molecule has 1 aromatic carbocycles. The Balaban J connectivity index is 1.91. The molecule has 0 aliphatic heterocycles. The molecule has 0 saturated heterocycles. The van der Waals surface area contributed by atoms with Crippen molar-refractivity contribution < 1.29 is 18.9 Å². The fourth-order valence-corrected chi connectivity index (χ4v) is 3.05. The molecule has 0 radical (unpaired) electrons. The van der Waals surface area contributed by atoms with Crippen molar-refractivity contribution in [3.63, 3.8) is 0 Å². The van der Waals surface area contributed by atoms with Crippen LogP contribution in [-0.2, 0) is 20.6 Å². The molecule has 1 aromatic rings. The smallest absolute Gasteiger partial charge is 0.119 e. The molecular formula is C25H44O4. The second kappa shape index (κ2) is 20.2. The van der Waals surface area contributed by atoms with Gasteiger partial charge < -0.3 is 18.9 Å². The van der Waals surface area contributed by atoms with Gasteiger partial charge in [-0.3, -0.25) is 0 Å². The van der Waals surface area contributed by atoms with Gasteiger partial charge >= 0.3 is 0 Å². The van der Waals surface area contributed by atoms with Gasteiger partial charge in [-0.25, -0.2) is 0 Å². The van der Waals surface area contributed by atoms with Crippen LogP contribution in [0.3, 0.4) is 0 Å². The largest absolute Gasteiger partial charge is 0.491 e. The average Bonchev–Trinajstić information content (AvgIpc) is 2.75. The van der Waals surface area contributed by atoms with Crippen LogP contribution < -0.4 is 4.74 Å². The van der Waals surface area contributed by atoms with E-state index in [0.29, 0.717) is 39.6 Å². The van der Waals surface area contributed by atoms with Gasteiger partial charge in [0.1, 0.15) is 12.4 Å². The number of benzene rings is 1. The van der Waals surface area contributed by atoms with Crippen molar-refractivity contribution in [3.05, 3.63) is 29.8 Å². The SMILES string of the molecule is CCCCCCCCCc1ccc(OCCOCCOCCOCCCC)cc1. The zero-order valence-electron chi connectivity index (χ0n) is 19.0. The summed E-state index contributed by atoms with van der Waals surface area (Å²) < 4.78 is 22.2. The molecular weight excluding hydrogens is 364 g/mol. The summed E-state index contributed by atoms with van der Waals surface area (Å²) in [5.74, 6) is 0.914. The lowest BCUT2D eigenvalue weighted by molar-refractivity contribution is 0.00895. The van der Waals surface area contributed by atoms with Crippen molar-refractivity contribution in [2.45, 2.75) is 78.1 Å². The fourth-order valence-electron chi connectivity index (χ4n) is 3.05. The number of hydrogen-bond acceptors (Lipinski definition) is 4. The van der Waals surface area contributed by atoms with Gasteiger partial charge in [0.25, 0.3) is 0 Å². The van der Waals surface area contributed by atoms with Crippen molar-refractivity contribution in [2.75, 3.05) is 46.2 Å². The molecule has 0 N–H and O–H groups in total. The molecule has 0 heterocycles. The molecule has 0 fully saturated rings. The van der Waals surface area contributed by atoms with Gasteiger partial charge in [0, 0.05) is 6.61 Å². The maximum absolute atomic E-state index is 5.74. The molecule has 0 aromatic heterocycles. The Morgan fingerprint density at radius 1 is 0.517 bits per heavy atom. The first-order valence-electron chi connectivity index (χ1n) is 11.8. The van der Waals surface area contributed by atoms with Crippen molar-refractivity contribution in [2.24, 2.45) is 0 Å². The van der Waals surface area contributed by atoms with Gasteiger partial charge in [-0.1, -0.05) is 70.9 Å². The predicted molar refractivity (Wildman–Crippen MR) is 121 cm³/mol. The fraction of sp³-hybridized carbons (Fsp3) is 0.760. The highest BCUT2D eigenvalue weighted by Crippen LogP contribution is 2.15. The highest BCUT2D eigenvalue weighted by molar-refractivity contribution is 5.27. The summed E-state index contributed by atoms with van der Waals surface area (Å²) in [5.41, 5.74) is 1.40. The van der Waals surface area contributed by atoms with Crippen molar-refractivity contribution in [1.29, 1.82) is 0 Å². The van der Waals surface area contributed by atoms with Crippen LogP contribution in [0.25, 0.3) is 0 Å². The van der Waals surface area contributed by atoms with Crippen LogP contribution >= 0.6 is 0 Å². The third-order valence-electron chi connectivity index (χ3n) is 4.88. The molecule has 0 aliphatic carbocycles. The zero-order chi connectivity index (χ0) is 20.8. The number of aryl methyl sites for hydroxylation is 1. The summed E-state index contributed by atoms with van der Waals surface area (Å²) in [5, 5.41) is 0. The Morgan fingerprint density at radius 2 is 1.03 bits per heavy atom. The first-order valence-corrected chi connectivity index (χ1v) is 11.8. The van der Waals surface area contributed by atoms with E-state index >= 15 is 0 Å². The van der Waals surface area contributed by atoms with Crippen LogP contribution in [0.5, 0.6) is 5.75 Å². The maximum atomic E-state index is 5.74. The van der Waals surface area contributed by atoms with Crippen molar-refractivity contribution >= 4 is 0 Å². The molecule has 4 nitrogen and oxygen atoms in total. The van der Waals surface area contributed by atoms with E-state index in [-0.39, 0.29) is 0 Å². The van der Waals surface area contributed by atoms with Gasteiger partial charge in [0.15, 0.2) is 0 Å². The van der Waals surface area contributed by atoms with E-state index in [1.54, 1.807) is 0 Å². The maximum Gasteiger partial charge on any atom is 0.119 e. The first kappa shape index (κ1) is 25.9.